The zero-order valence-electron chi connectivity index (χ0n) is 9.88. The van der Waals surface area contributed by atoms with E-state index in [0.29, 0.717) is 0 Å². The summed E-state index contributed by atoms with van der Waals surface area (Å²) in [7, 11) is 1.39. The minimum Gasteiger partial charge on any atom is -0.372 e. The molecule has 1 aromatic rings. The maximum Gasteiger partial charge on any atom is 0.321 e. The zero-order valence-corrected chi connectivity index (χ0v) is 10.6. The summed E-state index contributed by atoms with van der Waals surface area (Å²) in [4.78, 5) is 22.4. The van der Waals surface area contributed by atoms with Gasteiger partial charge in [0.25, 0.3) is 0 Å². The monoisotopic (exact) mass is 273 g/mol. The SMILES string of the molecule is CNC(=O)NC(=O)C(C)Nc1ccc(Cl)cc1F. The Balaban J connectivity index is 2.66. The van der Waals surface area contributed by atoms with E-state index in [1.807, 2.05) is 0 Å². The summed E-state index contributed by atoms with van der Waals surface area (Å²) in [6, 6.07) is 2.66. The number of amides is 3. The molecule has 3 N–H and O–H groups in total. The van der Waals surface area contributed by atoms with Gasteiger partial charge in [0.05, 0.1) is 5.69 Å². The predicted molar refractivity (Wildman–Crippen MR) is 67.1 cm³/mol. The number of hydrogen-bond acceptors (Lipinski definition) is 3. The summed E-state index contributed by atoms with van der Waals surface area (Å²) in [6.45, 7) is 1.51. The van der Waals surface area contributed by atoms with Gasteiger partial charge in [0.1, 0.15) is 11.9 Å². The van der Waals surface area contributed by atoms with Gasteiger partial charge in [-0.05, 0) is 25.1 Å². The van der Waals surface area contributed by atoms with E-state index in [0.717, 1.165) is 6.07 Å². The fourth-order valence-electron chi connectivity index (χ4n) is 1.19. The molecule has 0 fully saturated rings. The molecular weight excluding hydrogens is 261 g/mol. The Hall–Kier alpha value is -1.82. The van der Waals surface area contributed by atoms with Gasteiger partial charge in [-0.2, -0.15) is 0 Å². The van der Waals surface area contributed by atoms with Crippen LogP contribution in [-0.2, 0) is 4.79 Å². The van der Waals surface area contributed by atoms with Crippen molar-refractivity contribution in [2.24, 2.45) is 0 Å². The first-order chi connectivity index (χ1) is 8.43. The molecule has 0 aromatic heterocycles. The molecule has 1 atom stereocenters. The van der Waals surface area contributed by atoms with E-state index in [2.05, 4.69) is 16.0 Å². The molecule has 7 heteroatoms. The highest BCUT2D eigenvalue weighted by molar-refractivity contribution is 6.30. The van der Waals surface area contributed by atoms with Crippen molar-refractivity contribution in [1.29, 1.82) is 0 Å². The van der Waals surface area contributed by atoms with Gasteiger partial charge in [-0.3, -0.25) is 10.1 Å². The first kappa shape index (κ1) is 14.2. The van der Waals surface area contributed by atoms with Crippen LogP contribution in [0.4, 0.5) is 14.9 Å². The highest BCUT2D eigenvalue weighted by Crippen LogP contribution is 2.19. The first-order valence-electron chi connectivity index (χ1n) is 5.18. The van der Waals surface area contributed by atoms with Crippen LogP contribution in [0.1, 0.15) is 6.92 Å². The van der Waals surface area contributed by atoms with Crippen molar-refractivity contribution in [2.75, 3.05) is 12.4 Å². The van der Waals surface area contributed by atoms with Gasteiger partial charge in [-0.15, -0.1) is 0 Å². The average molecular weight is 274 g/mol. The molecule has 1 rings (SSSR count). The quantitative estimate of drug-likeness (QED) is 0.786. The molecule has 0 saturated heterocycles. The minimum atomic E-state index is -0.766. The fraction of sp³-hybridized carbons (Fsp3) is 0.273. The van der Waals surface area contributed by atoms with Crippen molar-refractivity contribution in [3.63, 3.8) is 0 Å². The third-order valence-electron chi connectivity index (χ3n) is 2.16. The van der Waals surface area contributed by atoms with E-state index >= 15 is 0 Å². The Morgan fingerprint density at radius 2 is 2.06 bits per heavy atom. The minimum absolute atomic E-state index is 0.138. The number of imide groups is 1. The second-order valence-corrected chi connectivity index (χ2v) is 4.00. The van der Waals surface area contributed by atoms with E-state index in [-0.39, 0.29) is 10.7 Å². The van der Waals surface area contributed by atoms with E-state index in [1.54, 1.807) is 0 Å². The van der Waals surface area contributed by atoms with Gasteiger partial charge in [0.2, 0.25) is 5.91 Å². The lowest BCUT2D eigenvalue weighted by Gasteiger charge is -2.15. The average Bonchev–Trinajstić information content (AvgIpc) is 2.32. The van der Waals surface area contributed by atoms with Crippen molar-refractivity contribution in [3.05, 3.63) is 29.0 Å². The van der Waals surface area contributed by atoms with Crippen molar-refractivity contribution in [3.8, 4) is 0 Å². The molecule has 0 spiro atoms. The maximum atomic E-state index is 13.4. The molecule has 1 aromatic carbocycles. The largest absolute Gasteiger partial charge is 0.372 e. The number of rotatable bonds is 3. The highest BCUT2D eigenvalue weighted by atomic mass is 35.5. The van der Waals surface area contributed by atoms with Crippen LogP contribution in [0.25, 0.3) is 0 Å². The number of carbonyl (C=O) groups excluding carboxylic acids is 2. The fourth-order valence-corrected chi connectivity index (χ4v) is 1.35. The number of benzene rings is 1. The summed E-state index contributed by atoms with van der Waals surface area (Å²) in [6.07, 6.45) is 0. The van der Waals surface area contributed by atoms with Crippen LogP contribution in [0.2, 0.25) is 5.02 Å². The predicted octanol–water partition coefficient (Wildman–Crippen LogP) is 1.74. The Labute approximate surface area is 109 Å². The van der Waals surface area contributed by atoms with E-state index in [9.17, 15) is 14.0 Å². The molecule has 5 nitrogen and oxygen atoms in total. The van der Waals surface area contributed by atoms with Crippen molar-refractivity contribution in [1.82, 2.24) is 10.6 Å². The maximum absolute atomic E-state index is 13.4. The molecule has 98 valence electrons. The van der Waals surface area contributed by atoms with Crippen molar-refractivity contribution in [2.45, 2.75) is 13.0 Å². The summed E-state index contributed by atoms with van der Waals surface area (Å²) in [5, 5.41) is 7.23. The van der Waals surface area contributed by atoms with Gasteiger partial charge in [0.15, 0.2) is 0 Å². The molecule has 0 saturated carbocycles. The summed E-state index contributed by atoms with van der Waals surface area (Å²) in [5.74, 6) is -1.13. The number of carbonyl (C=O) groups is 2. The number of hydrogen-bond donors (Lipinski definition) is 3. The van der Waals surface area contributed by atoms with Crippen LogP contribution >= 0.6 is 11.6 Å². The van der Waals surface area contributed by atoms with Gasteiger partial charge < -0.3 is 10.6 Å². The topological polar surface area (TPSA) is 70.2 Å². The lowest BCUT2D eigenvalue weighted by atomic mass is 10.2. The molecule has 0 heterocycles. The van der Waals surface area contributed by atoms with Gasteiger partial charge in [0, 0.05) is 12.1 Å². The molecule has 0 aliphatic heterocycles. The standard InChI is InChI=1S/C11H13ClFN3O2/c1-6(10(17)16-11(18)14-2)15-9-4-3-7(12)5-8(9)13/h3-6,15H,1-2H3,(H2,14,16,17,18). The van der Waals surface area contributed by atoms with Crippen LogP contribution in [0.5, 0.6) is 0 Å². The Bertz CT molecular complexity index is 468. The van der Waals surface area contributed by atoms with Crippen LogP contribution < -0.4 is 16.0 Å². The van der Waals surface area contributed by atoms with Gasteiger partial charge in [-0.25, -0.2) is 9.18 Å². The van der Waals surface area contributed by atoms with Crippen molar-refractivity contribution < 1.29 is 14.0 Å². The Morgan fingerprint density at radius 1 is 1.39 bits per heavy atom. The third-order valence-corrected chi connectivity index (χ3v) is 2.40. The molecule has 0 aliphatic carbocycles. The lowest BCUT2D eigenvalue weighted by molar-refractivity contribution is -0.120. The number of halogens is 2. The number of anilines is 1. The summed E-state index contributed by atoms with van der Waals surface area (Å²) < 4.78 is 13.4. The summed E-state index contributed by atoms with van der Waals surface area (Å²) >= 11 is 5.60. The highest BCUT2D eigenvalue weighted by Gasteiger charge is 2.16. The smallest absolute Gasteiger partial charge is 0.321 e. The Morgan fingerprint density at radius 3 is 2.61 bits per heavy atom. The van der Waals surface area contributed by atoms with E-state index < -0.39 is 23.8 Å². The second kappa shape index (κ2) is 6.20. The second-order valence-electron chi connectivity index (χ2n) is 3.56. The van der Waals surface area contributed by atoms with Crippen molar-refractivity contribution >= 4 is 29.2 Å². The van der Waals surface area contributed by atoms with Crippen LogP contribution in [0, 0.1) is 5.82 Å². The number of nitrogens with one attached hydrogen (secondary N) is 3. The third kappa shape index (κ3) is 3.89. The van der Waals surface area contributed by atoms with Crippen LogP contribution in [0.3, 0.4) is 0 Å². The first-order valence-corrected chi connectivity index (χ1v) is 5.56. The Kier molecular flexibility index (Phi) is 4.91. The molecule has 0 bridgehead atoms. The normalized spacial score (nSPS) is 11.6. The van der Waals surface area contributed by atoms with Crippen LogP contribution in [-0.4, -0.2) is 25.0 Å². The van der Waals surface area contributed by atoms with E-state index in [1.165, 1.54) is 26.1 Å². The lowest BCUT2D eigenvalue weighted by Crippen LogP contribution is -2.44. The van der Waals surface area contributed by atoms with E-state index in [4.69, 9.17) is 11.6 Å². The molecule has 3 amide bonds. The zero-order chi connectivity index (χ0) is 13.7. The molecule has 1 unspecified atom stereocenters. The van der Waals surface area contributed by atoms with Gasteiger partial charge in [-0.1, -0.05) is 11.6 Å². The molecule has 18 heavy (non-hydrogen) atoms. The van der Waals surface area contributed by atoms with Crippen LogP contribution in [0.15, 0.2) is 18.2 Å². The number of urea groups is 1. The van der Waals surface area contributed by atoms with Gasteiger partial charge >= 0.3 is 6.03 Å². The molecule has 0 aliphatic rings. The summed E-state index contributed by atoms with van der Waals surface area (Å²) in [5.41, 5.74) is 0.138. The molecule has 0 radical (unpaired) electrons. The molecular formula is C11H13ClFN3O2.